The molecule has 0 amide bonds. The molecule has 2 aromatic rings. The Morgan fingerprint density at radius 3 is 2.67 bits per heavy atom. The Labute approximate surface area is 134 Å². The fourth-order valence-electron chi connectivity index (χ4n) is 2.59. The number of hydrogen-bond acceptors (Lipinski definition) is 3. The van der Waals surface area contributed by atoms with E-state index in [1.54, 1.807) is 7.11 Å². The van der Waals surface area contributed by atoms with E-state index >= 15 is 0 Å². The summed E-state index contributed by atoms with van der Waals surface area (Å²) in [7, 11) is 3.70. The lowest BCUT2D eigenvalue weighted by molar-refractivity contribution is 0.398. The van der Waals surface area contributed by atoms with Crippen LogP contribution in [0.25, 0.3) is 0 Å². The van der Waals surface area contributed by atoms with E-state index < -0.39 is 0 Å². The Morgan fingerprint density at radius 1 is 1.38 bits per heavy atom. The molecule has 2 rings (SSSR count). The lowest BCUT2D eigenvalue weighted by atomic mass is 10.0. The van der Waals surface area contributed by atoms with Crippen LogP contribution in [-0.4, -0.2) is 23.4 Å². The Balaban J connectivity index is 2.35. The molecule has 4 nitrogen and oxygen atoms in total. The number of methoxy groups -OCH3 is 1. The number of rotatable bonds is 6. The van der Waals surface area contributed by atoms with E-state index in [-0.39, 0.29) is 6.04 Å². The minimum absolute atomic E-state index is 0.192. The first kappa shape index (κ1) is 16.0. The van der Waals surface area contributed by atoms with Crippen LogP contribution in [0.5, 0.6) is 5.75 Å². The molecule has 0 saturated heterocycles. The van der Waals surface area contributed by atoms with E-state index in [0.717, 1.165) is 28.9 Å². The van der Waals surface area contributed by atoms with Crippen LogP contribution in [0.4, 0.5) is 0 Å². The summed E-state index contributed by atoms with van der Waals surface area (Å²) in [5.74, 6) is 0.915. The van der Waals surface area contributed by atoms with E-state index in [9.17, 15) is 0 Å². The molecule has 0 aliphatic heterocycles. The van der Waals surface area contributed by atoms with Crippen LogP contribution in [0.15, 0.2) is 28.7 Å². The number of aromatic nitrogens is 2. The predicted molar refractivity (Wildman–Crippen MR) is 88.8 cm³/mol. The number of nitrogens with one attached hydrogen (secondary N) is 1. The standard InChI is InChI=1S/C16H22BrN3O/c1-5-18-13(12-8-6-7-9-15(12)21-4)10-14-16(17)11(2)19-20(14)3/h6-9,13,18H,5,10H2,1-4H3. The Morgan fingerprint density at radius 2 is 2.10 bits per heavy atom. The van der Waals surface area contributed by atoms with Crippen molar-refractivity contribution in [1.82, 2.24) is 15.1 Å². The second-order valence-electron chi connectivity index (χ2n) is 5.03. The zero-order valence-electron chi connectivity index (χ0n) is 13.0. The zero-order chi connectivity index (χ0) is 15.4. The van der Waals surface area contributed by atoms with E-state index in [2.05, 4.69) is 39.3 Å². The third kappa shape index (κ3) is 3.47. The zero-order valence-corrected chi connectivity index (χ0v) is 14.6. The second-order valence-corrected chi connectivity index (χ2v) is 5.82. The van der Waals surface area contributed by atoms with Gasteiger partial charge in [0.15, 0.2) is 0 Å². The van der Waals surface area contributed by atoms with Crippen LogP contribution in [0, 0.1) is 6.92 Å². The minimum Gasteiger partial charge on any atom is -0.496 e. The number of likely N-dealkylation sites (N-methyl/N-ethyl adjacent to an activating group) is 1. The topological polar surface area (TPSA) is 39.1 Å². The third-order valence-electron chi connectivity index (χ3n) is 3.62. The van der Waals surface area contributed by atoms with Crippen LogP contribution in [-0.2, 0) is 13.5 Å². The molecule has 0 bridgehead atoms. The summed E-state index contributed by atoms with van der Waals surface area (Å²) in [6, 6.07) is 8.35. The summed E-state index contributed by atoms with van der Waals surface area (Å²) in [5, 5.41) is 8.01. The van der Waals surface area contributed by atoms with Gasteiger partial charge in [-0.2, -0.15) is 5.10 Å². The van der Waals surface area contributed by atoms with Crippen LogP contribution in [0.2, 0.25) is 0 Å². The van der Waals surface area contributed by atoms with Crippen molar-refractivity contribution in [2.75, 3.05) is 13.7 Å². The number of benzene rings is 1. The first-order valence-corrected chi connectivity index (χ1v) is 7.92. The second kappa shape index (κ2) is 7.09. The highest BCUT2D eigenvalue weighted by Crippen LogP contribution is 2.30. The maximum absolute atomic E-state index is 5.50. The van der Waals surface area contributed by atoms with Crippen LogP contribution in [0.1, 0.15) is 29.9 Å². The molecular weight excluding hydrogens is 330 g/mol. The molecule has 0 aliphatic carbocycles. The highest BCUT2D eigenvalue weighted by atomic mass is 79.9. The van der Waals surface area contributed by atoms with Gasteiger partial charge in [-0.05, 0) is 35.5 Å². The van der Waals surface area contributed by atoms with Crippen LogP contribution in [0.3, 0.4) is 0 Å². The maximum Gasteiger partial charge on any atom is 0.123 e. The summed E-state index contributed by atoms with van der Waals surface area (Å²) in [5.41, 5.74) is 3.37. The Kier molecular flexibility index (Phi) is 5.42. The fraction of sp³-hybridized carbons (Fsp3) is 0.438. The van der Waals surface area contributed by atoms with Crippen LogP contribution >= 0.6 is 15.9 Å². The van der Waals surface area contributed by atoms with Gasteiger partial charge in [0.25, 0.3) is 0 Å². The normalized spacial score (nSPS) is 12.4. The molecule has 0 fully saturated rings. The summed E-state index contributed by atoms with van der Waals surface area (Å²) in [6.07, 6.45) is 0.853. The minimum atomic E-state index is 0.192. The number of aryl methyl sites for hydroxylation is 2. The number of halogens is 1. The van der Waals surface area contributed by atoms with Crippen molar-refractivity contribution in [3.05, 3.63) is 45.7 Å². The van der Waals surface area contributed by atoms with Crippen molar-refractivity contribution in [3.63, 3.8) is 0 Å². The van der Waals surface area contributed by atoms with Crippen molar-refractivity contribution in [2.45, 2.75) is 26.3 Å². The molecule has 114 valence electrons. The molecule has 1 heterocycles. The van der Waals surface area contributed by atoms with Gasteiger partial charge >= 0.3 is 0 Å². The van der Waals surface area contributed by atoms with Gasteiger partial charge in [0, 0.05) is 25.1 Å². The number of hydrogen-bond donors (Lipinski definition) is 1. The third-order valence-corrected chi connectivity index (χ3v) is 4.66. The first-order chi connectivity index (χ1) is 10.1. The fourth-order valence-corrected chi connectivity index (χ4v) is 3.09. The Bertz CT molecular complexity index is 610. The largest absolute Gasteiger partial charge is 0.496 e. The molecular formula is C16H22BrN3O. The van der Waals surface area contributed by atoms with Gasteiger partial charge in [0.05, 0.1) is 23.0 Å². The predicted octanol–water partition coefficient (Wildman–Crippen LogP) is 3.39. The van der Waals surface area contributed by atoms with E-state index in [1.165, 1.54) is 11.3 Å². The SMILES string of the molecule is CCNC(Cc1c(Br)c(C)nn1C)c1ccccc1OC. The lowest BCUT2D eigenvalue weighted by Gasteiger charge is -2.21. The monoisotopic (exact) mass is 351 g/mol. The Hall–Kier alpha value is -1.33. The quantitative estimate of drug-likeness (QED) is 0.866. The van der Waals surface area contributed by atoms with E-state index in [4.69, 9.17) is 4.74 Å². The smallest absolute Gasteiger partial charge is 0.123 e. The highest BCUT2D eigenvalue weighted by Gasteiger charge is 2.20. The molecule has 0 saturated carbocycles. The average Bonchev–Trinajstić information content (AvgIpc) is 2.73. The summed E-state index contributed by atoms with van der Waals surface area (Å²) in [4.78, 5) is 0. The molecule has 1 aromatic carbocycles. The molecule has 1 aromatic heterocycles. The molecule has 0 spiro atoms. The van der Waals surface area contributed by atoms with Crippen LogP contribution < -0.4 is 10.1 Å². The summed E-state index contributed by atoms with van der Waals surface area (Å²) in [6.45, 7) is 5.03. The van der Waals surface area contributed by atoms with Gasteiger partial charge in [-0.1, -0.05) is 25.1 Å². The summed E-state index contributed by atoms with van der Waals surface area (Å²) < 4.78 is 8.53. The number of ether oxygens (including phenoxy) is 1. The molecule has 1 N–H and O–H groups in total. The van der Waals surface area contributed by atoms with Gasteiger partial charge in [0.1, 0.15) is 5.75 Å². The maximum atomic E-state index is 5.50. The van der Waals surface area contributed by atoms with Crippen molar-refractivity contribution in [2.24, 2.45) is 7.05 Å². The van der Waals surface area contributed by atoms with Crippen molar-refractivity contribution in [3.8, 4) is 5.75 Å². The lowest BCUT2D eigenvalue weighted by Crippen LogP contribution is -2.24. The molecule has 1 unspecified atom stereocenters. The van der Waals surface area contributed by atoms with Gasteiger partial charge in [-0.3, -0.25) is 4.68 Å². The molecule has 1 atom stereocenters. The average molecular weight is 352 g/mol. The van der Waals surface area contributed by atoms with E-state index in [1.807, 2.05) is 36.9 Å². The molecule has 0 radical (unpaired) electrons. The molecule has 5 heteroatoms. The van der Waals surface area contributed by atoms with Gasteiger partial charge < -0.3 is 10.1 Å². The molecule has 21 heavy (non-hydrogen) atoms. The number of para-hydroxylation sites is 1. The van der Waals surface area contributed by atoms with Crippen molar-refractivity contribution in [1.29, 1.82) is 0 Å². The molecule has 0 aliphatic rings. The van der Waals surface area contributed by atoms with Crippen molar-refractivity contribution >= 4 is 15.9 Å². The van der Waals surface area contributed by atoms with E-state index in [0.29, 0.717) is 0 Å². The first-order valence-electron chi connectivity index (χ1n) is 7.12. The highest BCUT2D eigenvalue weighted by molar-refractivity contribution is 9.10. The van der Waals surface area contributed by atoms with Gasteiger partial charge in [-0.25, -0.2) is 0 Å². The van der Waals surface area contributed by atoms with Gasteiger partial charge in [0.2, 0.25) is 0 Å². The van der Waals surface area contributed by atoms with Gasteiger partial charge in [-0.15, -0.1) is 0 Å². The van der Waals surface area contributed by atoms with Crippen molar-refractivity contribution < 1.29 is 4.74 Å². The number of nitrogens with zero attached hydrogens (tertiary/aromatic N) is 2. The summed E-state index contributed by atoms with van der Waals surface area (Å²) >= 11 is 3.65.